The first-order valence-corrected chi connectivity index (χ1v) is 6.46. The highest BCUT2D eigenvalue weighted by Gasteiger charge is 2.43. The van der Waals surface area contributed by atoms with Gasteiger partial charge in [0.25, 0.3) is 6.02 Å². The number of hydrogen-bond acceptors (Lipinski definition) is 4. The largest absolute Gasteiger partial charge is 0.463 e. The van der Waals surface area contributed by atoms with Gasteiger partial charge < -0.3 is 19.8 Å². The van der Waals surface area contributed by atoms with E-state index in [1.807, 2.05) is 11.0 Å². The van der Waals surface area contributed by atoms with Crippen molar-refractivity contribution in [3.63, 3.8) is 0 Å². The number of aliphatic hydroxyl groups is 2. The molecule has 2 heterocycles. The van der Waals surface area contributed by atoms with E-state index in [2.05, 4.69) is 17.1 Å². The fourth-order valence-electron chi connectivity index (χ4n) is 2.61. The first-order valence-electron chi connectivity index (χ1n) is 6.46. The molecule has 0 aromatic rings. The highest BCUT2D eigenvalue weighted by molar-refractivity contribution is 5.77. The van der Waals surface area contributed by atoms with E-state index in [0.717, 1.165) is 18.5 Å². The lowest BCUT2D eigenvalue weighted by Gasteiger charge is -2.35. The lowest BCUT2D eigenvalue weighted by molar-refractivity contribution is -0.0505. The monoisotopic (exact) mass is 250 g/mol. The van der Waals surface area contributed by atoms with E-state index < -0.39 is 12.2 Å². The first kappa shape index (κ1) is 11.7. The Bertz CT molecular complexity index is 416. The first-order chi connectivity index (χ1) is 8.75. The van der Waals surface area contributed by atoms with Crippen LogP contribution in [0.25, 0.3) is 0 Å². The highest BCUT2D eigenvalue weighted by Crippen LogP contribution is 2.25. The third kappa shape index (κ3) is 2.04. The van der Waals surface area contributed by atoms with Gasteiger partial charge in [-0.15, -0.1) is 0 Å². The van der Waals surface area contributed by atoms with Crippen LogP contribution in [0.15, 0.2) is 28.9 Å². The molecule has 0 radical (unpaired) electrons. The Morgan fingerprint density at radius 1 is 1.33 bits per heavy atom. The molecule has 0 aromatic heterocycles. The SMILES string of the molecule is OC1CCN2C(=NC3=CCCC=C3)OCC2C1O. The summed E-state index contributed by atoms with van der Waals surface area (Å²) in [6.45, 7) is 1.08. The van der Waals surface area contributed by atoms with Gasteiger partial charge in [-0.05, 0) is 25.3 Å². The van der Waals surface area contributed by atoms with Crippen molar-refractivity contribution in [2.24, 2.45) is 4.99 Å². The Kier molecular flexibility index (Phi) is 3.09. The molecule has 0 saturated carbocycles. The molecule has 98 valence electrons. The third-order valence-corrected chi connectivity index (χ3v) is 3.68. The van der Waals surface area contributed by atoms with Crippen molar-refractivity contribution in [1.82, 2.24) is 4.90 Å². The fourth-order valence-corrected chi connectivity index (χ4v) is 2.61. The molecule has 2 saturated heterocycles. The summed E-state index contributed by atoms with van der Waals surface area (Å²) in [5.74, 6) is 0. The standard InChI is InChI=1S/C13H18N2O3/c16-11-6-7-15-10(12(11)17)8-18-13(15)14-9-4-2-1-3-5-9/h2,4-5,10-12,16-17H,1,3,6-8H2. The van der Waals surface area contributed by atoms with Crippen LogP contribution in [-0.2, 0) is 4.74 Å². The second-order valence-electron chi connectivity index (χ2n) is 4.92. The van der Waals surface area contributed by atoms with Gasteiger partial charge in [0.2, 0.25) is 0 Å². The summed E-state index contributed by atoms with van der Waals surface area (Å²) in [4.78, 5) is 6.44. The maximum Gasteiger partial charge on any atom is 0.293 e. The second-order valence-corrected chi connectivity index (χ2v) is 4.92. The van der Waals surface area contributed by atoms with Crippen LogP contribution in [0.1, 0.15) is 19.3 Å². The summed E-state index contributed by atoms with van der Waals surface area (Å²) in [6, 6.07) is 0.407. The van der Waals surface area contributed by atoms with Gasteiger partial charge in [-0.3, -0.25) is 0 Å². The number of fused-ring (bicyclic) bond motifs is 1. The number of ether oxygens (including phenoxy) is 1. The molecule has 0 aromatic carbocycles. The number of amidine groups is 1. The number of rotatable bonds is 1. The predicted molar refractivity (Wildman–Crippen MR) is 67.0 cm³/mol. The molecule has 0 bridgehead atoms. The minimum absolute atomic E-state index is 0.166. The molecule has 3 unspecified atom stereocenters. The van der Waals surface area contributed by atoms with E-state index in [-0.39, 0.29) is 6.04 Å². The van der Waals surface area contributed by atoms with Crippen molar-refractivity contribution in [2.45, 2.75) is 37.5 Å². The van der Waals surface area contributed by atoms with Crippen LogP contribution < -0.4 is 0 Å². The van der Waals surface area contributed by atoms with Gasteiger partial charge in [0.05, 0.1) is 17.8 Å². The number of aliphatic hydroxyl groups excluding tert-OH is 2. The Hall–Kier alpha value is -1.33. The summed E-state index contributed by atoms with van der Waals surface area (Å²) >= 11 is 0. The van der Waals surface area contributed by atoms with Crippen molar-refractivity contribution in [2.75, 3.05) is 13.2 Å². The average Bonchev–Trinajstić information content (AvgIpc) is 2.79. The summed E-state index contributed by atoms with van der Waals surface area (Å²) in [6.07, 6.45) is 7.39. The van der Waals surface area contributed by atoms with Gasteiger partial charge >= 0.3 is 0 Å². The smallest absolute Gasteiger partial charge is 0.293 e. The van der Waals surface area contributed by atoms with Crippen molar-refractivity contribution in [1.29, 1.82) is 0 Å². The number of piperidine rings is 1. The summed E-state index contributed by atoms with van der Waals surface area (Å²) in [5.41, 5.74) is 0.914. The van der Waals surface area contributed by atoms with E-state index in [1.54, 1.807) is 0 Å². The number of hydrogen-bond donors (Lipinski definition) is 2. The molecular formula is C13H18N2O3. The summed E-state index contributed by atoms with van der Waals surface area (Å²) in [7, 11) is 0. The third-order valence-electron chi connectivity index (χ3n) is 3.68. The normalized spacial score (nSPS) is 37.4. The Morgan fingerprint density at radius 2 is 2.22 bits per heavy atom. The quantitative estimate of drug-likeness (QED) is 0.707. The number of allylic oxidation sites excluding steroid dienone is 3. The Morgan fingerprint density at radius 3 is 3.00 bits per heavy atom. The molecule has 2 N–H and O–H groups in total. The zero-order valence-electron chi connectivity index (χ0n) is 10.2. The topological polar surface area (TPSA) is 65.3 Å². The molecule has 3 atom stereocenters. The van der Waals surface area contributed by atoms with Crippen LogP contribution in [0, 0.1) is 0 Å². The van der Waals surface area contributed by atoms with Gasteiger partial charge in [-0.2, -0.15) is 4.99 Å². The van der Waals surface area contributed by atoms with E-state index in [9.17, 15) is 10.2 Å². The minimum Gasteiger partial charge on any atom is -0.463 e. The average molecular weight is 250 g/mol. The number of nitrogens with zero attached hydrogens (tertiary/aromatic N) is 2. The summed E-state index contributed by atoms with van der Waals surface area (Å²) < 4.78 is 5.55. The van der Waals surface area contributed by atoms with Crippen molar-refractivity contribution >= 4 is 6.02 Å². The molecular weight excluding hydrogens is 232 g/mol. The molecule has 3 aliphatic rings. The van der Waals surface area contributed by atoms with E-state index in [4.69, 9.17) is 4.74 Å². The number of aliphatic imine (C=N–C) groups is 1. The van der Waals surface area contributed by atoms with Gasteiger partial charge in [-0.1, -0.05) is 12.2 Å². The van der Waals surface area contributed by atoms with Gasteiger partial charge in [0.1, 0.15) is 12.7 Å². The molecule has 5 nitrogen and oxygen atoms in total. The molecule has 0 spiro atoms. The predicted octanol–water partition coefficient (Wildman–Crippen LogP) is 0.403. The molecule has 2 aliphatic heterocycles. The fraction of sp³-hybridized carbons (Fsp3) is 0.615. The van der Waals surface area contributed by atoms with Crippen molar-refractivity contribution in [3.8, 4) is 0 Å². The van der Waals surface area contributed by atoms with Gasteiger partial charge in [0.15, 0.2) is 0 Å². The summed E-state index contributed by atoms with van der Waals surface area (Å²) in [5, 5.41) is 19.6. The van der Waals surface area contributed by atoms with Crippen LogP contribution in [-0.4, -0.2) is 52.5 Å². The lowest BCUT2D eigenvalue weighted by Crippen LogP contribution is -2.53. The Balaban J connectivity index is 1.77. The maximum absolute atomic E-state index is 9.92. The minimum atomic E-state index is -0.748. The maximum atomic E-state index is 9.92. The van der Waals surface area contributed by atoms with Crippen LogP contribution in [0.3, 0.4) is 0 Å². The van der Waals surface area contributed by atoms with Crippen molar-refractivity contribution in [3.05, 3.63) is 23.9 Å². The van der Waals surface area contributed by atoms with Crippen LogP contribution in [0.2, 0.25) is 0 Å². The lowest BCUT2D eigenvalue weighted by atomic mass is 9.98. The van der Waals surface area contributed by atoms with Crippen LogP contribution in [0.5, 0.6) is 0 Å². The molecule has 18 heavy (non-hydrogen) atoms. The molecule has 5 heteroatoms. The molecule has 0 amide bonds. The highest BCUT2D eigenvalue weighted by atomic mass is 16.5. The van der Waals surface area contributed by atoms with Crippen LogP contribution in [0.4, 0.5) is 0 Å². The van der Waals surface area contributed by atoms with E-state index >= 15 is 0 Å². The molecule has 2 fully saturated rings. The molecule has 3 rings (SSSR count). The van der Waals surface area contributed by atoms with E-state index in [0.29, 0.717) is 25.6 Å². The Labute approximate surface area is 106 Å². The van der Waals surface area contributed by atoms with Gasteiger partial charge in [0, 0.05) is 6.54 Å². The zero-order valence-corrected chi connectivity index (χ0v) is 10.2. The van der Waals surface area contributed by atoms with Gasteiger partial charge in [-0.25, -0.2) is 0 Å². The zero-order chi connectivity index (χ0) is 12.5. The molecule has 1 aliphatic carbocycles. The van der Waals surface area contributed by atoms with Crippen LogP contribution >= 0.6 is 0 Å². The van der Waals surface area contributed by atoms with Crippen molar-refractivity contribution < 1.29 is 14.9 Å². The second kappa shape index (κ2) is 4.74. The van der Waals surface area contributed by atoms with E-state index in [1.165, 1.54) is 0 Å².